The second kappa shape index (κ2) is 6.89. The first-order valence-corrected chi connectivity index (χ1v) is 6.15. The van der Waals surface area contributed by atoms with Gasteiger partial charge in [-0.2, -0.15) is 0 Å². The number of imide groups is 1. The van der Waals surface area contributed by atoms with Crippen LogP contribution in [0.25, 0.3) is 0 Å². The molecule has 0 aliphatic heterocycles. The van der Waals surface area contributed by atoms with Crippen LogP contribution in [0, 0.1) is 5.82 Å². The fourth-order valence-corrected chi connectivity index (χ4v) is 1.98. The first kappa shape index (κ1) is 14.4. The predicted octanol–water partition coefficient (Wildman–Crippen LogP) is 2.54. The molecule has 4 heteroatoms. The third-order valence-electron chi connectivity index (χ3n) is 2.89. The maximum atomic E-state index is 13.5. The van der Waals surface area contributed by atoms with Crippen LogP contribution in [0.1, 0.15) is 43.7 Å². The second-order valence-electron chi connectivity index (χ2n) is 4.21. The summed E-state index contributed by atoms with van der Waals surface area (Å²) in [4.78, 5) is 22.1. The largest absolute Gasteiger partial charge is 0.299 e. The summed E-state index contributed by atoms with van der Waals surface area (Å²) in [5, 5.41) is 2.14. The summed E-state index contributed by atoms with van der Waals surface area (Å²) in [7, 11) is 0. The van der Waals surface area contributed by atoms with Gasteiger partial charge in [-0.05, 0) is 36.1 Å². The van der Waals surface area contributed by atoms with E-state index in [2.05, 4.69) is 5.32 Å². The Labute approximate surface area is 106 Å². The van der Waals surface area contributed by atoms with Gasteiger partial charge >= 0.3 is 0 Å². The molecular weight excluding hydrogens is 233 g/mol. The Morgan fingerprint density at radius 3 is 2.67 bits per heavy atom. The predicted molar refractivity (Wildman–Crippen MR) is 67.6 cm³/mol. The van der Waals surface area contributed by atoms with Crippen molar-refractivity contribution in [3.63, 3.8) is 0 Å². The van der Waals surface area contributed by atoms with Crippen LogP contribution in [-0.2, 0) is 16.0 Å². The van der Waals surface area contributed by atoms with Crippen LogP contribution < -0.4 is 5.32 Å². The van der Waals surface area contributed by atoms with E-state index in [9.17, 15) is 14.0 Å². The third kappa shape index (κ3) is 3.65. The van der Waals surface area contributed by atoms with Gasteiger partial charge in [0.25, 0.3) is 0 Å². The molecule has 98 valence electrons. The van der Waals surface area contributed by atoms with Gasteiger partial charge in [0.15, 0.2) is 0 Å². The van der Waals surface area contributed by atoms with Crippen LogP contribution in [0.15, 0.2) is 18.2 Å². The maximum Gasteiger partial charge on any atom is 0.233 e. The Balaban J connectivity index is 3.07. The lowest BCUT2D eigenvalue weighted by molar-refractivity contribution is -0.126. The number of rotatable bonds is 6. The van der Waals surface area contributed by atoms with E-state index in [1.54, 1.807) is 0 Å². The summed E-state index contributed by atoms with van der Waals surface area (Å²) in [5.41, 5.74) is 1.48. The molecule has 0 fully saturated rings. The van der Waals surface area contributed by atoms with Crippen molar-refractivity contribution in [2.75, 3.05) is 0 Å². The zero-order valence-electron chi connectivity index (χ0n) is 10.7. The van der Waals surface area contributed by atoms with E-state index < -0.39 is 5.92 Å². The number of nitrogens with one attached hydrogen (secondary N) is 1. The van der Waals surface area contributed by atoms with Gasteiger partial charge in [0.05, 0.1) is 5.92 Å². The van der Waals surface area contributed by atoms with Crippen molar-refractivity contribution >= 4 is 12.3 Å². The zero-order valence-corrected chi connectivity index (χ0v) is 10.7. The van der Waals surface area contributed by atoms with Gasteiger partial charge < -0.3 is 0 Å². The lowest BCUT2D eigenvalue weighted by Gasteiger charge is -2.15. The van der Waals surface area contributed by atoms with Crippen LogP contribution >= 0.6 is 0 Å². The lowest BCUT2D eigenvalue weighted by atomic mass is 9.92. The van der Waals surface area contributed by atoms with Crippen molar-refractivity contribution in [1.29, 1.82) is 0 Å². The first-order chi connectivity index (χ1) is 8.62. The van der Waals surface area contributed by atoms with Gasteiger partial charge in [0.1, 0.15) is 5.82 Å². The van der Waals surface area contributed by atoms with Gasteiger partial charge in [0, 0.05) is 0 Å². The average molecular weight is 251 g/mol. The molecule has 1 unspecified atom stereocenters. The number of carbonyl (C=O) groups is 2. The molecule has 1 aromatic rings. The molecule has 0 aromatic heterocycles. The summed E-state index contributed by atoms with van der Waals surface area (Å²) in [6.45, 7) is 3.88. The van der Waals surface area contributed by atoms with Crippen molar-refractivity contribution in [3.8, 4) is 0 Å². The van der Waals surface area contributed by atoms with E-state index in [1.165, 1.54) is 12.1 Å². The van der Waals surface area contributed by atoms with E-state index >= 15 is 0 Å². The molecule has 0 saturated heterocycles. The van der Waals surface area contributed by atoms with Gasteiger partial charge in [-0.25, -0.2) is 4.39 Å². The minimum Gasteiger partial charge on any atom is -0.299 e. The minimum atomic E-state index is -0.471. The molecular formula is C14H18FNO2. The Morgan fingerprint density at radius 2 is 2.11 bits per heavy atom. The van der Waals surface area contributed by atoms with Crippen LogP contribution in [-0.4, -0.2) is 12.3 Å². The molecule has 1 rings (SSSR count). The molecule has 2 amide bonds. The fraction of sp³-hybridized carbons (Fsp3) is 0.429. The molecule has 1 atom stereocenters. The van der Waals surface area contributed by atoms with E-state index in [4.69, 9.17) is 0 Å². The average Bonchev–Trinajstić information content (AvgIpc) is 2.35. The molecule has 1 aromatic carbocycles. The molecule has 0 spiro atoms. The number of halogens is 1. The summed E-state index contributed by atoms with van der Waals surface area (Å²) < 4.78 is 13.5. The van der Waals surface area contributed by atoms with Crippen LogP contribution in [0.4, 0.5) is 4.39 Å². The quantitative estimate of drug-likeness (QED) is 0.790. The van der Waals surface area contributed by atoms with E-state index in [0.717, 1.165) is 12.0 Å². The summed E-state index contributed by atoms with van der Waals surface area (Å²) in [6, 6.07) is 4.65. The van der Waals surface area contributed by atoms with Crippen LogP contribution in [0.2, 0.25) is 0 Å². The Bertz CT molecular complexity index is 432. The summed E-state index contributed by atoms with van der Waals surface area (Å²) in [6.07, 6.45) is 2.45. The molecule has 0 aliphatic carbocycles. The lowest BCUT2D eigenvalue weighted by Crippen LogP contribution is -2.28. The van der Waals surface area contributed by atoms with Crippen LogP contribution in [0.3, 0.4) is 0 Å². The Morgan fingerprint density at radius 1 is 1.39 bits per heavy atom. The molecule has 0 heterocycles. The van der Waals surface area contributed by atoms with Gasteiger partial charge in [-0.15, -0.1) is 0 Å². The molecule has 18 heavy (non-hydrogen) atoms. The number of benzene rings is 1. The zero-order chi connectivity index (χ0) is 13.5. The minimum absolute atomic E-state index is 0.343. The van der Waals surface area contributed by atoms with E-state index in [0.29, 0.717) is 24.8 Å². The number of hydrogen-bond acceptors (Lipinski definition) is 2. The van der Waals surface area contributed by atoms with Crippen molar-refractivity contribution in [2.45, 2.75) is 39.0 Å². The highest BCUT2D eigenvalue weighted by atomic mass is 19.1. The summed E-state index contributed by atoms with van der Waals surface area (Å²) in [5.74, 6) is -1.19. The number of amides is 2. The van der Waals surface area contributed by atoms with Crippen molar-refractivity contribution < 1.29 is 14.0 Å². The molecule has 0 saturated carbocycles. The second-order valence-corrected chi connectivity index (χ2v) is 4.21. The van der Waals surface area contributed by atoms with Crippen LogP contribution in [0.5, 0.6) is 0 Å². The summed E-state index contributed by atoms with van der Waals surface area (Å²) >= 11 is 0. The number of aryl methyl sites for hydroxylation is 1. The highest BCUT2D eigenvalue weighted by Gasteiger charge is 2.20. The molecule has 0 aliphatic rings. The van der Waals surface area contributed by atoms with Gasteiger partial charge in [-0.1, -0.05) is 26.3 Å². The first-order valence-electron chi connectivity index (χ1n) is 6.15. The molecule has 1 N–H and O–H groups in total. The maximum absolute atomic E-state index is 13.5. The third-order valence-corrected chi connectivity index (χ3v) is 2.89. The highest BCUT2D eigenvalue weighted by Crippen LogP contribution is 2.24. The van der Waals surface area contributed by atoms with E-state index in [1.807, 2.05) is 19.9 Å². The SMILES string of the molecule is CCCC(C(=O)NC=O)c1cc(F)cc(CC)c1. The molecule has 3 nitrogen and oxygen atoms in total. The van der Waals surface area contributed by atoms with Gasteiger partial charge in [0.2, 0.25) is 12.3 Å². The monoisotopic (exact) mass is 251 g/mol. The molecule has 0 radical (unpaired) electrons. The molecule has 0 bridgehead atoms. The van der Waals surface area contributed by atoms with Crippen molar-refractivity contribution in [1.82, 2.24) is 5.32 Å². The van der Waals surface area contributed by atoms with E-state index in [-0.39, 0.29) is 11.7 Å². The normalized spacial score (nSPS) is 11.9. The Kier molecular flexibility index (Phi) is 5.49. The highest BCUT2D eigenvalue weighted by molar-refractivity contribution is 5.91. The fourth-order valence-electron chi connectivity index (χ4n) is 1.98. The van der Waals surface area contributed by atoms with Crippen molar-refractivity contribution in [3.05, 3.63) is 35.1 Å². The standard InChI is InChI=1S/C14H18FNO2/c1-3-5-13(14(18)16-9-17)11-6-10(4-2)7-12(15)8-11/h6-9,13H,3-5H2,1-2H3,(H,16,17,18). The smallest absolute Gasteiger partial charge is 0.233 e. The Hall–Kier alpha value is -1.71. The number of carbonyl (C=O) groups excluding carboxylic acids is 2. The topological polar surface area (TPSA) is 46.2 Å². The number of hydrogen-bond donors (Lipinski definition) is 1. The van der Waals surface area contributed by atoms with Gasteiger partial charge in [-0.3, -0.25) is 14.9 Å². The van der Waals surface area contributed by atoms with Crippen molar-refractivity contribution in [2.24, 2.45) is 0 Å².